The van der Waals surface area contributed by atoms with Gasteiger partial charge < -0.3 is 14.6 Å². The fourth-order valence-corrected chi connectivity index (χ4v) is 3.28. The van der Waals surface area contributed by atoms with Gasteiger partial charge in [-0.3, -0.25) is 0 Å². The van der Waals surface area contributed by atoms with Gasteiger partial charge in [0, 0.05) is 45.2 Å². The Morgan fingerprint density at radius 1 is 1.07 bits per heavy atom. The fraction of sp³-hybridized carbons (Fsp3) is 0.435. The Morgan fingerprint density at radius 3 is 2.11 bits per heavy atom. The molecule has 153 valence electrons. The molecule has 0 bridgehead atoms. The summed E-state index contributed by atoms with van der Waals surface area (Å²) >= 11 is 0. The summed E-state index contributed by atoms with van der Waals surface area (Å²) in [6.07, 6.45) is 1.73. The predicted octanol–water partition coefficient (Wildman–Crippen LogP) is 6.02. The third-order valence-electron chi connectivity index (χ3n) is 4.72. The van der Waals surface area contributed by atoms with Gasteiger partial charge in [0.25, 0.3) is 0 Å². The molecule has 1 fully saturated rings. The third kappa shape index (κ3) is 9.31. The Balaban J connectivity index is 0.000000492. The monoisotopic (exact) mass is 572 g/mol. The summed E-state index contributed by atoms with van der Waals surface area (Å²) in [6.45, 7) is 9.58. The first kappa shape index (κ1) is 28.2. The maximum absolute atomic E-state index is 9.18. The van der Waals surface area contributed by atoms with Crippen LogP contribution in [0, 0.1) is 6.79 Å². The van der Waals surface area contributed by atoms with Crippen molar-refractivity contribution in [1.29, 1.82) is 0 Å². The van der Waals surface area contributed by atoms with Crippen LogP contribution in [0.3, 0.4) is 0 Å². The zero-order valence-electron chi connectivity index (χ0n) is 17.2. The van der Waals surface area contributed by atoms with Gasteiger partial charge in [-0.05, 0) is 44.2 Å². The van der Waals surface area contributed by atoms with Crippen molar-refractivity contribution in [3.8, 4) is 0 Å². The minimum absolute atomic E-state index is 0. The van der Waals surface area contributed by atoms with E-state index in [0.717, 1.165) is 12.8 Å². The molecule has 1 heterocycles. The average molecular weight is 572 g/mol. The van der Waals surface area contributed by atoms with Gasteiger partial charge >= 0.3 is 0 Å². The molecule has 0 aromatic heterocycles. The summed E-state index contributed by atoms with van der Waals surface area (Å²) < 4.78 is 10.8. The first-order valence-corrected chi connectivity index (χ1v) is 9.34. The topological polar surface area (TPSA) is 38.7 Å². The second-order valence-corrected chi connectivity index (χ2v) is 7.36. The number of aliphatic hydroxyl groups excluding tert-OH is 1. The van der Waals surface area contributed by atoms with Crippen LogP contribution in [0.2, 0.25) is 0 Å². The van der Waals surface area contributed by atoms with Crippen molar-refractivity contribution < 1.29 is 47.3 Å². The molecule has 4 unspecified atom stereocenters. The van der Waals surface area contributed by atoms with E-state index < -0.39 is 0 Å². The predicted molar refractivity (Wildman–Crippen MR) is 121 cm³/mol. The van der Waals surface area contributed by atoms with Crippen molar-refractivity contribution in [2.75, 3.05) is 0 Å². The van der Waals surface area contributed by atoms with Crippen LogP contribution in [0.4, 0.5) is 0 Å². The molecule has 1 aliphatic rings. The second kappa shape index (κ2) is 14.2. The van der Waals surface area contributed by atoms with Crippen LogP contribution in [-0.4, -0.2) is 17.3 Å². The zero-order chi connectivity index (χ0) is 19.0. The molecule has 28 heavy (non-hydrogen) atoms. The molecule has 3 nitrogen and oxygen atoms in total. The molecule has 0 saturated carbocycles. The summed E-state index contributed by atoms with van der Waals surface area (Å²) in [4.78, 5) is 0. The van der Waals surface area contributed by atoms with Crippen LogP contribution in [0.25, 0.3) is 0 Å². The molecule has 2 aromatic carbocycles. The van der Waals surface area contributed by atoms with Gasteiger partial charge in [0.1, 0.15) is 0 Å². The van der Waals surface area contributed by atoms with E-state index in [0.29, 0.717) is 5.92 Å². The number of hydrogen-bond acceptors (Lipinski definition) is 3. The third-order valence-corrected chi connectivity index (χ3v) is 4.72. The van der Waals surface area contributed by atoms with Crippen LogP contribution in [0.5, 0.6) is 0 Å². The number of hydrogen-bond donors (Lipinski definition) is 1. The standard InChI is InChI=1S/C12H15O2.C11H16O.HI.Y/c1-10-8-12(2,14-9-13-10)11-6-4-3-5-7-11;1-9(8-10(2)12)11-6-4-3-5-7-11;;/h3-7,9-10H,8H2,1-2H3;3-7,9-10,12H,8H2,1-2H3;1H;/q-1;;;. The van der Waals surface area contributed by atoms with Crippen molar-refractivity contribution in [2.45, 2.75) is 64.3 Å². The van der Waals surface area contributed by atoms with Crippen LogP contribution in [-0.2, 0) is 47.8 Å². The molecule has 1 saturated heterocycles. The maximum Gasteiger partial charge on any atom is 0.0621 e. The Kier molecular flexibility index (Phi) is 14.3. The molecule has 0 aliphatic carbocycles. The van der Waals surface area contributed by atoms with Gasteiger partial charge in [0.05, 0.1) is 11.7 Å². The largest absolute Gasteiger partial charge is 0.523 e. The van der Waals surface area contributed by atoms with Crippen LogP contribution in [0.1, 0.15) is 57.6 Å². The SMILES string of the molecule is CC(O)CC(C)c1ccccc1.CC1CC(C)(c2ccccc2)O[CH-]O1.I.[Y]. The Labute approximate surface area is 212 Å². The summed E-state index contributed by atoms with van der Waals surface area (Å²) in [5.74, 6) is 0.450. The van der Waals surface area contributed by atoms with Crippen molar-refractivity contribution in [3.63, 3.8) is 0 Å². The quantitative estimate of drug-likeness (QED) is 0.360. The first-order valence-electron chi connectivity index (χ1n) is 9.34. The van der Waals surface area contributed by atoms with Crippen molar-refractivity contribution in [2.24, 2.45) is 0 Å². The minimum Gasteiger partial charge on any atom is -0.523 e. The fourth-order valence-electron chi connectivity index (χ4n) is 3.28. The number of ether oxygens (including phenoxy) is 2. The molecule has 1 aliphatic heterocycles. The molecular formula is C23H32IO3Y-. The van der Waals surface area contributed by atoms with E-state index in [4.69, 9.17) is 9.47 Å². The van der Waals surface area contributed by atoms with Crippen LogP contribution in [0.15, 0.2) is 60.7 Å². The Morgan fingerprint density at radius 2 is 1.61 bits per heavy atom. The zero-order valence-corrected chi connectivity index (χ0v) is 22.4. The van der Waals surface area contributed by atoms with Crippen LogP contribution < -0.4 is 0 Å². The van der Waals surface area contributed by atoms with Gasteiger partial charge in [-0.15, -0.1) is 24.0 Å². The minimum atomic E-state index is -0.237. The number of aliphatic hydroxyl groups is 1. The van der Waals surface area contributed by atoms with Gasteiger partial charge in [-0.2, -0.15) is 0 Å². The van der Waals surface area contributed by atoms with Crippen molar-refractivity contribution >= 4 is 24.0 Å². The molecule has 2 aromatic rings. The number of rotatable bonds is 4. The summed E-state index contributed by atoms with van der Waals surface area (Å²) in [5.41, 5.74) is 2.27. The molecule has 3 rings (SSSR count). The Bertz CT molecular complexity index is 639. The van der Waals surface area contributed by atoms with E-state index in [1.54, 1.807) is 0 Å². The Hall–Kier alpha value is 0.154. The van der Waals surface area contributed by atoms with E-state index >= 15 is 0 Å². The van der Waals surface area contributed by atoms with Crippen LogP contribution >= 0.6 is 24.0 Å². The molecular weight excluding hydrogens is 540 g/mol. The molecule has 1 radical (unpaired) electrons. The van der Waals surface area contributed by atoms with E-state index in [9.17, 15) is 5.11 Å². The van der Waals surface area contributed by atoms with Gasteiger partial charge in [0.2, 0.25) is 0 Å². The molecule has 0 amide bonds. The van der Waals surface area contributed by atoms with Crippen molar-refractivity contribution in [1.82, 2.24) is 0 Å². The van der Waals surface area contributed by atoms with Crippen molar-refractivity contribution in [3.05, 3.63) is 78.6 Å². The van der Waals surface area contributed by atoms with E-state index in [-0.39, 0.29) is 74.5 Å². The molecule has 0 spiro atoms. The summed E-state index contributed by atoms with van der Waals surface area (Å²) in [6, 6.07) is 20.5. The second-order valence-electron chi connectivity index (χ2n) is 7.36. The normalized spacial score (nSPS) is 23.1. The van der Waals surface area contributed by atoms with Gasteiger partial charge in [0.15, 0.2) is 0 Å². The summed E-state index contributed by atoms with van der Waals surface area (Å²) in [7, 11) is 0. The van der Waals surface area contributed by atoms with E-state index in [1.807, 2.05) is 43.3 Å². The van der Waals surface area contributed by atoms with E-state index in [2.05, 4.69) is 45.0 Å². The average Bonchev–Trinajstić information content (AvgIpc) is 2.63. The number of halogens is 1. The molecule has 1 N–H and O–H groups in total. The maximum atomic E-state index is 9.18. The molecule has 5 heteroatoms. The first-order chi connectivity index (χ1) is 12.4. The summed E-state index contributed by atoms with van der Waals surface area (Å²) in [5, 5.41) is 9.18. The van der Waals surface area contributed by atoms with Gasteiger partial charge in [-0.1, -0.05) is 74.4 Å². The van der Waals surface area contributed by atoms with E-state index in [1.165, 1.54) is 17.9 Å². The molecule has 4 atom stereocenters. The smallest absolute Gasteiger partial charge is 0.0621 e. The van der Waals surface area contributed by atoms with Gasteiger partial charge in [-0.25, -0.2) is 0 Å². The number of benzene rings is 2.